The Balaban J connectivity index is 3.02. The van der Waals surface area contributed by atoms with Crippen molar-refractivity contribution < 1.29 is 43.1 Å². The van der Waals surface area contributed by atoms with Crippen molar-refractivity contribution in [2.45, 2.75) is 12.8 Å². The van der Waals surface area contributed by atoms with Gasteiger partial charge >= 0.3 is 5.97 Å². The molecule has 0 bridgehead atoms. The van der Waals surface area contributed by atoms with Crippen molar-refractivity contribution in [1.29, 1.82) is 0 Å². The summed E-state index contributed by atoms with van der Waals surface area (Å²) < 4.78 is 37.7. The summed E-state index contributed by atoms with van der Waals surface area (Å²) in [6.07, 6.45) is 2.63. The number of hydrogen-bond donors (Lipinski definition) is 4. The van der Waals surface area contributed by atoms with E-state index in [9.17, 15) is 4.79 Å². The molecule has 0 saturated heterocycles. The van der Waals surface area contributed by atoms with E-state index in [0.717, 1.165) is 45.7 Å². The van der Waals surface area contributed by atoms with Crippen LogP contribution in [0.3, 0.4) is 0 Å². The van der Waals surface area contributed by atoms with Crippen molar-refractivity contribution >= 4 is 5.97 Å². The van der Waals surface area contributed by atoms with E-state index in [4.69, 9.17) is 38.3 Å². The number of ether oxygens (including phenoxy) is 7. The molecule has 0 atom stereocenters. The van der Waals surface area contributed by atoms with E-state index in [1.165, 1.54) is 0 Å². The average molecular weight is 538 g/mol. The number of carboxylic acids is 1. The fraction of sp³-hybridized carbons (Fsp3) is 0.880. The Kier molecular flexibility index (Phi) is 31.8. The van der Waals surface area contributed by atoms with Gasteiger partial charge in [0.1, 0.15) is 0 Å². The minimum Gasteiger partial charge on any atom is -0.481 e. The normalized spacial score (nSPS) is 11.2. The maximum atomic E-state index is 10.3. The third-order valence-corrected chi connectivity index (χ3v) is 4.56. The Labute approximate surface area is 222 Å². The molecule has 0 heterocycles. The summed E-state index contributed by atoms with van der Waals surface area (Å²) in [6, 6.07) is 0. The predicted molar refractivity (Wildman–Crippen MR) is 141 cm³/mol. The lowest BCUT2D eigenvalue weighted by atomic mass is 10.5. The molecule has 0 aliphatic rings. The van der Waals surface area contributed by atoms with Gasteiger partial charge in [-0.05, 0) is 6.42 Å². The van der Waals surface area contributed by atoms with Gasteiger partial charge in [0, 0.05) is 52.5 Å². The summed E-state index contributed by atoms with van der Waals surface area (Å²) in [5.41, 5.74) is 0. The number of aliphatic carboxylic acids is 1. The summed E-state index contributed by atoms with van der Waals surface area (Å²) in [5, 5.41) is 18.5. The quantitative estimate of drug-likeness (QED) is 0.0658. The van der Waals surface area contributed by atoms with E-state index >= 15 is 0 Å². The van der Waals surface area contributed by atoms with Crippen LogP contribution < -0.4 is 16.0 Å². The minimum atomic E-state index is -0.859. The second-order valence-electron chi connectivity index (χ2n) is 7.79. The highest BCUT2D eigenvalue weighted by atomic mass is 16.5. The van der Waals surface area contributed by atoms with Gasteiger partial charge in [0.25, 0.3) is 0 Å². The van der Waals surface area contributed by atoms with Crippen molar-refractivity contribution in [2.75, 3.05) is 132 Å². The highest BCUT2D eigenvalue weighted by molar-refractivity contribution is 5.66. The van der Waals surface area contributed by atoms with Gasteiger partial charge in [-0.2, -0.15) is 0 Å². The zero-order valence-electron chi connectivity index (χ0n) is 22.6. The molecule has 0 radical (unpaired) electrons. The lowest BCUT2D eigenvalue weighted by Crippen LogP contribution is -2.34. The van der Waals surface area contributed by atoms with E-state index in [1.807, 2.05) is 0 Å². The molecule has 0 saturated carbocycles. The minimum absolute atomic E-state index is 0.0157. The second-order valence-corrected chi connectivity index (χ2v) is 7.79. The predicted octanol–water partition coefficient (Wildman–Crippen LogP) is -0.0778. The summed E-state index contributed by atoms with van der Waals surface area (Å²) in [5.74, 6) is -0.859. The van der Waals surface area contributed by atoms with Crippen LogP contribution in [0.5, 0.6) is 0 Å². The smallest absolute Gasteiger partial charge is 0.305 e. The van der Waals surface area contributed by atoms with Gasteiger partial charge in [-0.25, -0.2) is 0 Å². The number of nitrogens with one attached hydrogen (secondary N) is 3. The largest absolute Gasteiger partial charge is 0.481 e. The molecule has 12 nitrogen and oxygen atoms in total. The van der Waals surface area contributed by atoms with E-state index < -0.39 is 5.97 Å². The number of hydrogen-bond acceptors (Lipinski definition) is 11. The topological polar surface area (TPSA) is 138 Å². The Bertz CT molecular complexity index is 477. The molecule has 0 aromatic heterocycles. The van der Waals surface area contributed by atoms with Crippen molar-refractivity contribution in [2.24, 2.45) is 0 Å². The third kappa shape index (κ3) is 34.8. The monoisotopic (exact) mass is 537 g/mol. The number of carbonyl (C=O) groups is 1. The second kappa shape index (κ2) is 32.8. The zero-order valence-corrected chi connectivity index (χ0v) is 22.6. The van der Waals surface area contributed by atoms with Crippen LogP contribution in [-0.4, -0.2) is 143 Å². The van der Waals surface area contributed by atoms with Gasteiger partial charge in [0.05, 0.1) is 85.7 Å². The molecule has 0 aliphatic carbocycles. The fourth-order valence-electron chi connectivity index (χ4n) is 2.69. The molecule has 0 spiro atoms. The molecule has 37 heavy (non-hydrogen) atoms. The molecule has 220 valence electrons. The van der Waals surface area contributed by atoms with Crippen molar-refractivity contribution in [3.05, 3.63) is 12.7 Å². The van der Waals surface area contributed by atoms with Crippen molar-refractivity contribution in [3.63, 3.8) is 0 Å². The third-order valence-electron chi connectivity index (χ3n) is 4.56. The molecular formula is C25H51N3O9. The van der Waals surface area contributed by atoms with Crippen LogP contribution in [0.4, 0.5) is 0 Å². The van der Waals surface area contributed by atoms with Crippen LogP contribution in [0.2, 0.25) is 0 Å². The number of carboxylic acid groups (broad SMARTS) is 1. The molecule has 12 heteroatoms. The molecule has 0 fully saturated rings. The van der Waals surface area contributed by atoms with Crippen LogP contribution in [0.25, 0.3) is 0 Å². The lowest BCUT2D eigenvalue weighted by Gasteiger charge is -2.09. The van der Waals surface area contributed by atoms with Gasteiger partial charge in [-0.1, -0.05) is 6.08 Å². The first-order chi connectivity index (χ1) is 18.3. The van der Waals surface area contributed by atoms with Crippen LogP contribution in [0.1, 0.15) is 12.8 Å². The number of rotatable bonds is 33. The fourth-order valence-corrected chi connectivity index (χ4v) is 2.69. The zero-order chi connectivity index (χ0) is 26.9. The van der Waals surface area contributed by atoms with Gasteiger partial charge < -0.3 is 54.2 Å². The maximum absolute atomic E-state index is 10.3. The van der Waals surface area contributed by atoms with Crippen LogP contribution in [0, 0.1) is 0 Å². The SMILES string of the molecule is C=CCOCCCOCCOCCOCCNCCNCCNCCOCCOCCOCCC(=O)O. The maximum Gasteiger partial charge on any atom is 0.305 e. The molecular weight excluding hydrogens is 486 g/mol. The first-order valence-corrected chi connectivity index (χ1v) is 13.3. The summed E-state index contributed by atoms with van der Waals surface area (Å²) >= 11 is 0. The Morgan fingerprint density at radius 2 is 0.919 bits per heavy atom. The molecule has 0 aromatic rings. The first-order valence-electron chi connectivity index (χ1n) is 13.3. The average Bonchev–Trinajstić information content (AvgIpc) is 2.89. The molecule has 0 amide bonds. The van der Waals surface area contributed by atoms with E-state index in [0.29, 0.717) is 85.9 Å². The summed E-state index contributed by atoms with van der Waals surface area (Å²) in [7, 11) is 0. The van der Waals surface area contributed by atoms with Gasteiger partial charge in [-0.15, -0.1) is 6.58 Å². The molecule has 4 N–H and O–H groups in total. The first kappa shape index (κ1) is 35.8. The highest BCUT2D eigenvalue weighted by Gasteiger charge is 1.97. The molecule has 0 aliphatic heterocycles. The Morgan fingerprint density at radius 3 is 1.38 bits per heavy atom. The summed E-state index contributed by atoms with van der Waals surface area (Å²) in [4.78, 5) is 10.3. The Morgan fingerprint density at radius 1 is 0.541 bits per heavy atom. The lowest BCUT2D eigenvalue weighted by molar-refractivity contribution is -0.138. The van der Waals surface area contributed by atoms with Gasteiger partial charge in [-0.3, -0.25) is 4.79 Å². The van der Waals surface area contributed by atoms with Crippen LogP contribution in [0.15, 0.2) is 12.7 Å². The van der Waals surface area contributed by atoms with Gasteiger partial charge in [0.2, 0.25) is 0 Å². The summed E-state index contributed by atoms with van der Waals surface area (Å²) in [6.45, 7) is 16.4. The Hall–Kier alpha value is -1.19. The van der Waals surface area contributed by atoms with Crippen LogP contribution >= 0.6 is 0 Å². The van der Waals surface area contributed by atoms with Gasteiger partial charge in [0.15, 0.2) is 0 Å². The van der Waals surface area contributed by atoms with Crippen molar-refractivity contribution in [3.8, 4) is 0 Å². The van der Waals surface area contributed by atoms with Crippen molar-refractivity contribution in [1.82, 2.24) is 16.0 Å². The van der Waals surface area contributed by atoms with Crippen LogP contribution in [-0.2, 0) is 38.0 Å². The van der Waals surface area contributed by atoms with E-state index in [1.54, 1.807) is 6.08 Å². The standard InChI is InChI=1S/C25H51N3O9/c1-2-11-31-12-3-13-32-17-21-36-23-19-34-15-9-27-7-5-26-6-8-28-10-16-35-20-24-37-22-18-33-14-4-25(29)30/h2,26-28H,1,3-24H2,(H,29,30). The van der Waals surface area contributed by atoms with E-state index in [2.05, 4.69) is 22.5 Å². The molecule has 0 aromatic carbocycles. The molecule has 0 rings (SSSR count). The van der Waals surface area contributed by atoms with E-state index in [-0.39, 0.29) is 13.0 Å². The molecule has 0 unspecified atom stereocenters. The highest BCUT2D eigenvalue weighted by Crippen LogP contribution is 1.87.